The maximum absolute atomic E-state index is 5.84. The number of tetrazole rings is 1. The minimum Gasteiger partial charge on any atom is -0.365 e. The molecule has 0 saturated carbocycles. The van der Waals surface area contributed by atoms with E-state index in [1.165, 1.54) is 4.79 Å². The van der Waals surface area contributed by atoms with Crippen molar-refractivity contribution < 1.29 is 0 Å². The van der Waals surface area contributed by atoms with Crippen molar-refractivity contribution in [1.29, 1.82) is 0 Å². The fraction of sp³-hybridized carbons (Fsp3) is 0.125. The summed E-state index contributed by atoms with van der Waals surface area (Å²) in [5, 5.41) is 11.3. The molecule has 0 aliphatic heterocycles. The third-order valence-electron chi connectivity index (χ3n) is 1.82. The Balaban J connectivity index is 2.02. The van der Waals surface area contributed by atoms with E-state index >= 15 is 0 Å². The Labute approximate surface area is 91.0 Å². The topological polar surface area (TPSA) is 81.7 Å². The Morgan fingerprint density at radius 3 is 3.00 bits per heavy atom. The average Bonchev–Trinajstić information content (AvgIpc) is 2.61. The van der Waals surface area contributed by atoms with Gasteiger partial charge < -0.3 is 11.2 Å². The first-order chi connectivity index (χ1) is 7.25. The summed E-state index contributed by atoms with van der Waals surface area (Å²) in [6.45, 7) is 0.551. The van der Waals surface area contributed by atoms with Crippen LogP contribution in [0.4, 0.5) is 5.95 Å². The summed E-state index contributed by atoms with van der Waals surface area (Å²) in [7, 11) is 0. The maximum atomic E-state index is 5.84. The Morgan fingerprint density at radius 2 is 2.33 bits per heavy atom. The minimum absolute atomic E-state index is 0.219. The predicted octanol–water partition coefficient (Wildman–Crippen LogP) is 0.652. The summed E-state index contributed by atoms with van der Waals surface area (Å²) in [6, 6.07) is 7.49. The van der Waals surface area contributed by atoms with Crippen LogP contribution in [0.15, 0.2) is 24.3 Å². The van der Waals surface area contributed by atoms with E-state index in [1.807, 2.05) is 24.3 Å². The largest absolute Gasteiger partial charge is 0.365 e. The van der Waals surface area contributed by atoms with Gasteiger partial charge in [-0.3, -0.25) is 0 Å². The van der Waals surface area contributed by atoms with Crippen LogP contribution in [0.5, 0.6) is 0 Å². The van der Waals surface area contributed by atoms with Crippen molar-refractivity contribution in [3.63, 3.8) is 0 Å². The monoisotopic (exact) mass is 224 g/mol. The molecule has 1 heterocycles. The summed E-state index contributed by atoms with van der Waals surface area (Å²) in [5.41, 5.74) is 9.43. The smallest absolute Gasteiger partial charge is 0.260 e. The third kappa shape index (κ3) is 2.35. The van der Waals surface area contributed by atoms with E-state index in [-0.39, 0.29) is 5.95 Å². The first-order valence-electron chi connectivity index (χ1n) is 4.28. The standard InChI is InChI=1S/C8H9ClN6/c9-7-3-1-2-6(4-7)5-11-15-8(10)12-13-14-15/h1-4,11H,5H2,(H2,10,12,14). The molecule has 0 aliphatic rings. The highest BCUT2D eigenvalue weighted by molar-refractivity contribution is 6.30. The molecule has 78 valence electrons. The Morgan fingerprint density at radius 1 is 1.47 bits per heavy atom. The van der Waals surface area contributed by atoms with Gasteiger partial charge in [-0.1, -0.05) is 28.8 Å². The molecule has 0 spiro atoms. The van der Waals surface area contributed by atoms with Crippen LogP contribution in [0.1, 0.15) is 5.56 Å². The summed E-state index contributed by atoms with van der Waals surface area (Å²) in [5.74, 6) is 0.219. The van der Waals surface area contributed by atoms with Gasteiger partial charge in [0.1, 0.15) is 0 Å². The van der Waals surface area contributed by atoms with Crippen molar-refractivity contribution in [2.24, 2.45) is 0 Å². The van der Waals surface area contributed by atoms with E-state index in [0.29, 0.717) is 11.6 Å². The predicted molar refractivity (Wildman–Crippen MR) is 56.7 cm³/mol. The molecule has 2 rings (SSSR count). The van der Waals surface area contributed by atoms with Gasteiger partial charge in [-0.25, -0.2) is 0 Å². The second-order valence-electron chi connectivity index (χ2n) is 2.91. The molecule has 0 unspecified atom stereocenters. The second-order valence-corrected chi connectivity index (χ2v) is 3.35. The first-order valence-corrected chi connectivity index (χ1v) is 4.65. The van der Waals surface area contributed by atoms with Crippen LogP contribution in [0.25, 0.3) is 0 Å². The van der Waals surface area contributed by atoms with Crippen molar-refractivity contribution in [1.82, 2.24) is 20.3 Å². The van der Waals surface area contributed by atoms with Gasteiger partial charge >= 0.3 is 0 Å². The average molecular weight is 225 g/mol. The molecule has 6 nitrogen and oxygen atoms in total. The molecular weight excluding hydrogens is 216 g/mol. The van der Waals surface area contributed by atoms with Gasteiger partial charge in [0.25, 0.3) is 5.95 Å². The van der Waals surface area contributed by atoms with Crippen LogP contribution >= 0.6 is 11.6 Å². The number of anilines is 1. The lowest BCUT2D eigenvalue weighted by atomic mass is 10.2. The number of hydrogen-bond acceptors (Lipinski definition) is 5. The first kappa shape index (κ1) is 9.72. The number of hydrogen-bond donors (Lipinski definition) is 2. The third-order valence-corrected chi connectivity index (χ3v) is 2.05. The summed E-state index contributed by atoms with van der Waals surface area (Å²) in [4.78, 5) is 1.31. The van der Waals surface area contributed by atoms with Crippen LogP contribution < -0.4 is 11.2 Å². The van der Waals surface area contributed by atoms with Gasteiger partial charge in [0, 0.05) is 5.02 Å². The minimum atomic E-state index is 0.219. The lowest BCUT2D eigenvalue weighted by Gasteiger charge is -2.05. The molecule has 0 fully saturated rings. The van der Waals surface area contributed by atoms with Gasteiger partial charge in [0.15, 0.2) is 0 Å². The zero-order valence-electron chi connectivity index (χ0n) is 7.76. The summed E-state index contributed by atoms with van der Waals surface area (Å²) >= 11 is 5.84. The maximum Gasteiger partial charge on any atom is 0.260 e. The SMILES string of the molecule is Nc1nnnn1NCc1cccc(Cl)c1. The molecule has 1 aromatic carbocycles. The lowest BCUT2D eigenvalue weighted by Crippen LogP contribution is -2.18. The van der Waals surface area contributed by atoms with Crippen LogP contribution in [-0.2, 0) is 6.54 Å². The van der Waals surface area contributed by atoms with Crippen molar-refractivity contribution in [3.8, 4) is 0 Å². The van der Waals surface area contributed by atoms with Gasteiger partial charge in [0.05, 0.1) is 6.54 Å². The molecule has 7 heteroatoms. The van der Waals surface area contributed by atoms with Gasteiger partial charge in [-0.2, -0.15) is 0 Å². The molecule has 0 bridgehead atoms. The van der Waals surface area contributed by atoms with Gasteiger partial charge in [0.2, 0.25) is 0 Å². The van der Waals surface area contributed by atoms with Gasteiger partial charge in [-0.05, 0) is 28.1 Å². The lowest BCUT2D eigenvalue weighted by molar-refractivity contribution is 0.693. The van der Waals surface area contributed by atoms with E-state index in [0.717, 1.165) is 5.56 Å². The number of aromatic nitrogens is 4. The zero-order valence-corrected chi connectivity index (χ0v) is 8.52. The number of nitrogen functional groups attached to an aromatic ring is 1. The Kier molecular flexibility index (Phi) is 2.68. The van der Waals surface area contributed by atoms with Gasteiger partial charge in [-0.15, -0.1) is 4.79 Å². The number of nitrogens with one attached hydrogen (secondary N) is 1. The molecule has 0 saturated heterocycles. The number of nitrogens with two attached hydrogens (primary N) is 1. The van der Waals surface area contributed by atoms with Crippen LogP contribution in [0.2, 0.25) is 5.02 Å². The molecule has 0 aliphatic carbocycles. The fourth-order valence-electron chi connectivity index (χ4n) is 1.12. The zero-order chi connectivity index (χ0) is 10.7. The summed E-state index contributed by atoms with van der Waals surface area (Å²) < 4.78 is 0. The van der Waals surface area contributed by atoms with Crippen molar-refractivity contribution in [3.05, 3.63) is 34.9 Å². The fourth-order valence-corrected chi connectivity index (χ4v) is 1.33. The van der Waals surface area contributed by atoms with Crippen LogP contribution in [0, 0.1) is 0 Å². The Bertz CT molecular complexity index is 454. The highest BCUT2D eigenvalue weighted by atomic mass is 35.5. The van der Waals surface area contributed by atoms with Crippen LogP contribution in [-0.4, -0.2) is 20.3 Å². The quantitative estimate of drug-likeness (QED) is 0.800. The normalized spacial score (nSPS) is 10.2. The highest BCUT2D eigenvalue weighted by Gasteiger charge is 1.99. The molecule has 1 aromatic heterocycles. The molecule has 0 atom stereocenters. The Hall–Kier alpha value is -1.82. The van der Waals surface area contributed by atoms with E-state index in [9.17, 15) is 0 Å². The second kappa shape index (κ2) is 4.14. The van der Waals surface area contributed by atoms with E-state index in [1.54, 1.807) is 0 Å². The van der Waals surface area contributed by atoms with Crippen molar-refractivity contribution in [2.75, 3.05) is 11.2 Å². The number of nitrogens with zero attached hydrogens (tertiary/aromatic N) is 4. The highest BCUT2D eigenvalue weighted by Crippen LogP contribution is 2.10. The molecule has 3 N–H and O–H groups in total. The van der Waals surface area contributed by atoms with Crippen molar-refractivity contribution in [2.45, 2.75) is 6.54 Å². The summed E-state index contributed by atoms with van der Waals surface area (Å²) in [6.07, 6.45) is 0. The molecule has 2 aromatic rings. The molecule has 0 radical (unpaired) electrons. The van der Waals surface area contributed by atoms with E-state index < -0.39 is 0 Å². The number of halogens is 1. The molecule has 15 heavy (non-hydrogen) atoms. The molecule has 0 amide bonds. The van der Waals surface area contributed by atoms with E-state index in [2.05, 4.69) is 21.0 Å². The van der Waals surface area contributed by atoms with Crippen molar-refractivity contribution >= 4 is 17.5 Å². The molecular formula is C8H9ClN6. The number of benzene rings is 1. The number of rotatable bonds is 3. The van der Waals surface area contributed by atoms with Crippen LogP contribution in [0.3, 0.4) is 0 Å². The van der Waals surface area contributed by atoms with E-state index in [4.69, 9.17) is 17.3 Å².